The number of anilines is 1. The van der Waals surface area contributed by atoms with Crippen LogP contribution in [0.2, 0.25) is 0 Å². The molecule has 2 N–H and O–H groups in total. The summed E-state index contributed by atoms with van der Waals surface area (Å²) in [7, 11) is 1.61. The minimum atomic E-state index is -0.434. The summed E-state index contributed by atoms with van der Waals surface area (Å²) < 4.78 is 1.36. The van der Waals surface area contributed by atoms with Crippen LogP contribution in [0.25, 0.3) is 11.4 Å². The van der Waals surface area contributed by atoms with E-state index in [1.165, 1.54) is 4.57 Å². The Morgan fingerprint density at radius 3 is 2.68 bits per heavy atom. The molecule has 0 radical (unpaired) electrons. The largest absolute Gasteiger partial charge is 0.352 e. The lowest BCUT2D eigenvalue weighted by molar-refractivity contribution is 0.757. The van der Waals surface area contributed by atoms with E-state index in [0.29, 0.717) is 5.82 Å². The van der Waals surface area contributed by atoms with Crippen molar-refractivity contribution in [1.82, 2.24) is 14.5 Å². The van der Waals surface area contributed by atoms with Gasteiger partial charge in [-0.2, -0.15) is 9.97 Å². The number of hydrogen-bond acceptors (Lipinski definition) is 5. The number of aromatic nitrogens is 3. The van der Waals surface area contributed by atoms with Crippen LogP contribution in [0, 0.1) is 12.3 Å². The van der Waals surface area contributed by atoms with Gasteiger partial charge >= 0.3 is 5.69 Å². The first-order valence-corrected chi connectivity index (χ1v) is 5.59. The first-order chi connectivity index (χ1) is 9.13. The highest BCUT2D eigenvalue weighted by Gasteiger charge is 2.11. The predicted octanol–water partition coefficient (Wildman–Crippen LogP) is 0.156. The van der Waals surface area contributed by atoms with E-state index in [2.05, 4.69) is 15.9 Å². The maximum Gasteiger partial charge on any atom is 0.352 e. The van der Waals surface area contributed by atoms with Gasteiger partial charge in [0.15, 0.2) is 0 Å². The molecule has 6 heteroatoms. The lowest BCUT2D eigenvalue weighted by atomic mass is 10.2. The third kappa shape index (κ3) is 2.61. The SMILES string of the molecule is C#CCN(N)c1nc(-c2ccccc2)n(C)c(=O)n1. The van der Waals surface area contributed by atoms with E-state index in [4.69, 9.17) is 12.3 Å². The van der Waals surface area contributed by atoms with E-state index >= 15 is 0 Å². The third-order valence-corrected chi connectivity index (χ3v) is 2.56. The number of rotatable bonds is 3. The van der Waals surface area contributed by atoms with Crippen molar-refractivity contribution in [3.63, 3.8) is 0 Å². The van der Waals surface area contributed by atoms with E-state index < -0.39 is 5.69 Å². The summed E-state index contributed by atoms with van der Waals surface area (Å²) in [5.41, 5.74) is 0.371. The summed E-state index contributed by atoms with van der Waals surface area (Å²) in [5, 5.41) is 1.16. The second-order valence-electron chi connectivity index (χ2n) is 3.89. The van der Waals surface area contributed by atoms with Gasteiger partial charge in [0.05, 0.1) is 6.54 Å². The molecule has 6 nitrogen and oxygen atoms in total. The van der Waals surface area contributed by atoms with Crippen LogP contribution in [-0.2, 0) is 7.05 Å². The molecule has 0 amide bonds. The zero-order valence-electron chi connectivity index (χ0n) is 10.4. The van der Waals surface area contributed by atoms with E-state index in [9.17, 15) is 4.79 Å². The lowest BCUT2D eigenvalue weighted by Gasteiger charge is -2.15. The van der Waals surface area contributed by atoms with Gasteiger partial charge in [-0.1, -0.05) is 36.3 Å². The van der Waals surface area contributed by atoms with Crippen molar-refractivity contribution >= 4 is 5.95 Å². The molecular weight excluding hydrogens is 242 g/mol. The molecule has 0 aliphatic rings. The highest BCUT2D eigenvalue weighted by molar-refractivity contribution is 5.56. The molecular formula is C13H13N5O. The quantitative estimate of drug-likeness (QED) is 0.480. The van der Waals surface area contributed by atoms with Gasteiger partial charge in [-0.15, -0.1) is 6.42 Å². The summed E-state index contributed by atoms with van der Waals surface area (Å²) in [6.45, 7) is 0.126. The Morgan fingerprint density at radius 2 is 2.05 bits per heavy atom. The smallest absolute Gasteiger partial charge is 0.279 e. The van der Waals surface area contributed by atoms with Crippen molar-refractivity contribution in [2.45, 2.75) is 0 Å². The average Bonchev–Trinajstić information content (AvgIpc) is 2.43. The van der Waals surface area contributed by atoms with Gasteiger partial charge in [0, 0.05) is 12.6 Å². The monoisotopic (exact) mass is 255 g/mol. The van der Waals surface area contributed by atoms with Crippen LogP contribution in [0.3, 0.4) is 0 Å². The molecule has 0 aliphatic carbocycles. The molecule has 0 spiro atoms. The van der Waals surface area contributed by atoms with Gasteiger partial charge < -0.3 is 0 Å². The van der Waals surface area contributed by atoms with E-state index in [1.54, 1.807) is 7.05 Å². The molecule has 0 atom stereocenters. The molecule has 1 aromatic carbocycles. The van der Waals surface area contributed by atoms with E-state index in [1.807, 2.05) is 30.3 Å². The summed E-state index contributed by atoms with van der Waals surface area (Å²) in [5.74, 6) is 8.66. The van der Waals surface area contributed by atoms with Gasteiger partial charge in [0.25, 0.3) is 0 Å². The first kappa shape index (κ1) is 12.8. The Balaban J connectivity index is 2.56. The molecule has 0 saturated heterocycles. The van der Waals surface area contributed by atoms with Crippen LogP contribution in [-0.4, -0.2) is 21.1 Å². The zero-order valence-corrected chi connectivity index (χ0v) is 10.4. The minimum Gasteiger partial charge on any atom is -0.279 e. The molecule has 0 fully saturated rings. The maximum atomic E-state index is 11.8. The van der Waals surface area contributed by atoms with Crippen molar-refractivity contribution in [3.05, 3.63) is 40.8 Å². The number of nitrogens with two attached hydrogens (primary N) is 1. The van der Waals surface area contributed by atoms with Crippen molar-refractivity contribution in [2.24, 2.45) is 12.9 Å². The van der Waals surface area contributed by atoms with Crippen LogP contribution in [0.15, 0.2) is 35.1 Å². The summed E-state index contributed by atoms with van der Waals surface area (Å²) >= 11 is 0. The van der Waals surface area contributed by atoms with Crippen molar-refractivity contribution in [1.29, 1.82) is 0 Å². The van der Waals surface area contributed by atoms with Crippen molar-refractivity contribution < 1.29 is 0 Å². The highest BCUT2D eigenvalue weighted by atomic mass is 16.1. The molecule has 1 heterocycles. The van der Waals surface area contributed by atoms with Gasteiger partial charge in [-0.05, 0) is 0 Å². The molecule has 2 aromatic rings. The van der Waals surface area contributed by atoms with Crippen LogP contribution >= 0.6 is 0 Å². The number of hydrazine groups is 1. The highest BCUT2D eigenvalue weighted by Crippen LogP contribution is 2.15. The number of benzene rings is 1. The molecule has 0 saturated carbocycles. The number of terminal acetylenes is 1. The zero-order chi connectivity index (χ0) is 13.8. The Morgan fingerprint density at radius 1 is 1.37 bits per heavy atom. The maximum absolute atomic E-state index is 11.8. The van der Waals surface area contributed by atoms with Gasteiger partial charge in [-0.3, -0.25) is 9.58 Å². The molecule has 1 aromatic heterocycles. The lowest BCUT2D eigenvalue weighted by Crippen LogP contribution is -2.36. The van der Waals surface area contributed by atoms with Crippen molar-refractivity contribution in [3.8, 4) is 23.7 Å². The molecule has 19 heavy (non-hydrogen) atoms. The molecule has 0 aliphatic heterocycles. The van der Waals surface area contributed by atoms with Gasteiger partial charge in [0.1, 0.15) is 5.82 Å². The molecule has 2 rings (SSSR count). The summed E-state index contributed by atoms with van der Waals surface area (Å²) in [6.07, 6.45) is 5.17. The standard InChI is InChI=1S/C13H13N5O/c1-3-9-18(14)12-15-11(17(2)13(19)16-12)10-7-5-4-6-8-10/h1,4-8H,9,14H2,2H3. The second kappa shape index (κ2) is 5.33. The fourth-order valence-corrected chi connectivity index (χ4v) is 1.59. The van der Waals surface area contributed by atoms with Gasteiger partial charge in [0.2, 0.25) is 5.95 Å². The summed E-state index contributed by atoms with van der Waals surface area (Å²) in [4.78, 5) is 19.9. The fraction of sp³-hybridized carbons (Fsp3) is 0.154. The first-order valence-electron chi connectivity index (χ1n) is 5.59. The van der Waals surface area contributed by atoms with Crippen LogP contribution < -0.4 is 16.5 Å². The second-order valence-corrected chi connectivity index (χ2v) is 3.89. The Kier molecular flexibility index (Phi) is 3.59. The normalized spacial score (nSPS) is 9.95. The molecule has 96 valence electrons. The van der Waals surface area contributed by atoms with E-state index in [-0.39, 0.29) is 12.5 Å². The van der Waals surface area contributed by atoms with E-state index in [0.717, 1.165) is 10.6 Å². The topological polar surface area (TPSA) is 77.0 Å². The minimum absolute atomic E-state index is 0.111. The number of hydrogen-bond donors (Lipinski definition) is 1. The predicted molar refractivity (Wildman–Crippen MR) is 73.1 cm³/mol. The van der Waals surface area contributed by atoms with Crippen molar-refractivity contribution in [2.75, 3.05) is 11.6 Å². The third-order valence-electron chi connectivity index (χ3n) is 2.56. The van der Waals surface area contributed by atoms with Gasteiger partial charge in [-0.25, -0.2) is 10.6 Å². The van der Waals surface area contributed by atoms with Crippen LogP contribution in [0.4, 0.5) is 5.95 Å². The fourth-order valence-electron chi connectivity index (χ4n) is 1.59. The molecule has 0 unspecified atom stereocenters. The Labute approximate surface area is 110 Å². The van der Waals surface area contributed by atoms with Crippen LogP contribution in [0.5, 0.6) is 0 Å². The van der Waals surface area contributed by atoms with Crippen LogP contribution in [0.1, 0.15) is 0 Å². The summed E-state index contributed by atoms with van der Waals surface area (Å²) in [6, 6.07) is 9.32. The molecule has 0 bridgehead atoms. The Bertz CT molecular complexity index is 672. The Hall–Kier alpha value is -2.65. The average molecular weight is 255 g/mol. The number of nitrogens with zero attached hydrogens (tertiary/aromatic N) is 4.